The van der Waals surface area contributed by atoms with Gasteiger partial charge in [0, 0.05) is 19.1 Å². The fourth-order valence-corrected chi connectivity index (χ4v) is 2.91. The highest BCUT2D eigenvalue weighted by Crippen LogP contribution is 2.34. The Labute approximate surface area is 104 Å². The Bertz CT molecular complexity index is 283. The van der Waals surface area contributed by atoms with E-state index in [4.69, 9.17) is 0 Å². The molecule has 2 unspecified atom stereocenters. The minimum atomic E-state index is 0.243. The Morgan fingerprint density at radius 1 is 1.12 bits per heavy atom. The molecule has 3 nitrogen and oxygen atoms in total. The maximum Gasteiger partial charge on any atom is 0.227 e. The van der Waals surface area contributed by atoms with Gasteiger partial charge in [-0.15, -0.1) is 0 Å². The quantitative estimate of drug-likeness (QED) is 0.787. The summed E-state index contributed by atoms with van der Waals surface area (Å²) in [5, 5.41) is 3.40. The largest absolute Gasteiger partial charge is 0.342 e. The lowest BCUT2D eigenvalue weighted by molar-refractivity contribution is -0.136. The molecule has 3 fully saturated rings. The smallest absolute Gasteiger partial charge is 0.227 e. The molecule has 0 aromatic rings. The summed E-state index contributed by atoms with van der Waals surface area (Å²) in [5.41, 5.74) is 0. The van der Waals surface area contributed by atoms with Crippen LogP contribution in [0.5, 0.6) is 0 Å². The molecule has 0 aromatic carbocycles. The molecule has 0 bridgehead atoms. The highest BCUT2D eigenvalue weighted by atomic mass is 16.2. The second kappa shape index (κ2) is 4.60. The van der Waals surface area contributed by atoms with Gasteiger partial charge >= 0.3 is 0 Å². The Hall–Kier alpha value is -0.570. The van der Waals surface area contributed by atoms with Gasteiger partial charge < -0.3 is 10.2 Å². The van der Waals surface area contributed by atoms with Crippen molar-refractivity contribution in [1.29, 1.82) is 0 Å². The van der Waals surface area contributed by atoms with Gasteiger partial charge in [-0.2, -0.15) is 0 Å². The van der Waals surface area contributed by atoms with Crippen molar-refractivity contribution >= 4 is 5.91 Å². The molecule has 3 aliphatic rings. The van der Waals surface area contributed by atoms with Gasteiger partial charge in [-0.25, -0.2) is 0 Å². The average Bonchev–Trinajstić information content (AvgIpc) is 3.21. The summed E-state index contributed by atoms with van der Waals surface area (Å²) >= 11 is 0. The number of hydrogen-bond donors (Lipinski definition) is 1. The predicted octanol–water partition coefficient (Wildman–Crippen LogP) is 1.63. The topological polar surface area (TPSA) is 32.3 Å². The SMILES string of the molecule is CC1NCCC1C(=O)N(CC1CC1)CC1CC1. The summed E-state index contributed by atoms with van der Waals surface area (Å²) in [6.07, 6.45) is 6.39. The highest BCUT2D eigenvalue weighted by Gasteiger charge is 2.37. The molecule has 2 saturated carbocycles. The molecule has 1 heterocycles. The third kappa shape index (κ3) is 2.82. The van der Waals surface area contributed by atoms with Crippen molar-refractivity contribution in [3.8, 4) is 0 Å². The van der Waals surface area contributed by atoms with Gasteiger partial charge in [0.2, 0.25) is 5.91 Å². The van der Waals surface area contributed by atoms with Crippen LogP contribution in [0.15, 0.2) is 0 Å². The van der Waals surface area contributed by atoms with E-state index in [1.54, 1.807) is 0 Å². The van der Waals surface area contributed by atoms with Crippen molar-refractivity contribution in [2.24, 2.45) is 17.8 Å². The number of rotatable bonds is 5. The summed E-state index contributed by atoms with van der Waals surface area (Å²) in [6.45, 7) is 5.25. The fourth-order valence-electron chi connectivity index (χ4n) is 2.91. The van der Waals surface area contributed by atoms with Crippen molar-refractivity contribution in [2.45, 2.75) is 45.1 Å². The summed E-state index contributed by atoms with van der Waals surface area (Å²) in [6, 6.07) is 0.378. The number of carbonyl (C=O) groups is 1. The molecule has 1 amide bonds. The molecule has 1 aliphatic heterocycles. The highest BCUT2D eigenvalue weighted by molar-refractivity contribution is 5.80. The van der Waals surface area contributed by atoms with Crippen LogP contribution in [-0.4, -0.2) is 36.5 Å². The van der Waals surface area contributed by atoms with Gasteiger partial charge in [0.05, 0.1) is 5.92 Å². The normalized spacial score (nSPS) is 32.8. The number of hydrogen-bond acceptors (Lipinski definition) is 2. The molecule has 2 aliphatic carbocycles. The summed E-state index contributed by atoms with van der Waals surface area (Å²) in [4.78, 5) is 14.8. The first kappa shape index (κ1) is 11.5. The summed E-state index contributed by atoms with van der Waals surface area (Å²) < 4.78 is 0. The molecule has 3 heteroatoms. The first-order valence-corrected chi connectivity index (χ1v) is 7.26. The molecule has 3 rings (SSSR count). The van der Waals surface area contributed by atoms with Crippen LogP contribution in [0, 0.1) is 17.8 Å². The van der Waals surface area contributed by atoms with Gasteiger partial charge in [-0.05, 0) is 57.4 Å². The summed E-state index contributed by atoms with van der Waals surface area (Å²) in [5.74, 6) is 2.32. The van der Waals surface area contributed by atoms with Gasteiger partial charge in [-0.3, -0.25) is 4.79 Å². The molecule has 96 valence electrons. The van der Waals surface area contributed by atoms with Crippen LogP contribution in [0.25, 0.3) is 0 Å². The van der Waals surface area contributed by atoms with Crippen LogP contribution in [0.1, 0.15) is 39.0 Å². The Morgan fingerprint density at radius 2 is 1.71 bits per heavy atom. The van der Waals surface area contributed by atoms with Crippen LogP contribution < -0.4 is 5.32 Å². The molecule has 0 aromatic heterocycles. The van der Waals surface area contributed by atoms with E-state index in [-0.39, 0.29) is 5.92 Å². The van der Waals surface area contributed by atoms with Crippen molar-refractivity contribution in [3.05, 3.63) is 0 Å². The fraction of sp³-hybridized carbons (Fsp3) is 0.929. The van der Waals surface area contributed by atoms with Crippen molar-refractivity contribution < 1.29 is 4.79 Å². The van der Waals surface area contributed by atoms with Gasteiger partial charge in [-0.1, -0.05) is 0 Å². The second-order valence-corrected chi connectivity index (χ2v) is 6.27. The third-order valence-electron chi connectivity index (χ3n) is 4.51. The Kier molecular flexibility index (Phi) is 3.12. The lowest BCUT2D eigenvalue weighted by Crippen LogP contribution is -2.42. The van der Waals surface area contributed by atoms with Gasteiger partial charge in [0.15, 0.2) is 0 Å². The zero-order valence-corrected chi connectivity index (χ0v) is 10.8. The summed E-state index contributed by atoms with van der Waals surface area (Å²) in [7, 11) is 0. The molecule has 2 atom stereocenters. The monoisotopic (exact) mass is 236 g/mol. The number of nitrogens with zero attached hydrogens (tertiary/aromatic N) is 1. The Balaban J connectivity index is 1.60. The lowest BCUT2D eigenvalue weighted by atomic mass is 10.00. The molecular formula is C14H24N2O. The van der Waals surface area contributed by atoms with Gasteiger partial charge in [0.1, 0.15) is 0 Å². The van der Waals surface area contributed by atoms with Crippen molar-refractivity contribution in [2.75, 3.05) is 19.6 Å². The minimum Gasteiger partial charge on any atom is -0.342 e. The maximum absolute atomic E-state index is 12.6. The molecule has 1 N–H and O–H groups in total. The van der Waals surface area contributed by atoms with Gasteiger partial charge in [0.25, 0.3) is 0 Å². The molecule has 0 radical (unpaired) electrons. The number of nitrogens with one attached hydrogen (secondary N) is 1. The van der Waals surface area contributed by atoms with Crippen LogP contribution in [0.2, 0.25) is 0 Å². The van der Waals surface area contributed by atoms with Crippen molar-refractivity contribution in [3.63, 3.8) is 0 Å². The molecular weight excluding hydrogens is 212 g/mol. The predicted molar refractivity (Wildman–Crippen MR) is 67.6 cm³/mol. The van der Waals surface area contributed by atoms with E-state index in [0.717, 1.165) is 37.9 Å². The Morgan fingerprint density at radius 3 is 2.12 bits per heavy atom. The van der Waals surface area contributed by atoms with E-state index in [9.17, 15) is 4.79 Å². The van der Waals surface area contributed by atoms with E-state index in [1.165, 1.54) is 25.7 Å². The lowest BCUT2D eigenvalue weighted by Gasteiger charge is -2.27. The van der Waals surface area contributed by atoms with Crippen molar-refractivity contribution in [1.82, 2.24) is 10.2 Å². The first-order valence-electron chi connectivity index (χ1n) is 7.26. The average molecular weight is 236 g/mol. The zero-order valence-electron chi connectivity index (χ0n) is 10.8. The molecule has 0 spiro atoms. The maximum atomic E-state index is 12.6. The van der Waals surface area contributed by atoms with Crippen LogP contribution in [-0.2, 0) is 4.79 Å². The van der Waals surface area contributed by atoms with Crippen LogP contribution in [0.3, 0.4) is 0 Å². The number of amides is 1. The van der Waals surface area contributed by atoms with E-state index >= 15 is 0 Å². The van der Waals surface area contributed by atoms with Crippen LogP contribution >= 0.6 is 0 Å². The zero-order chi connectivity index (χ0) is 11.8. The first-order chi connectivity index (χ1) is 8.24. The van der Waals surface area contributed by atoms with E-state index in [0.29, 0.717) is 11.9 Å². The van der Waals surface area contributed by atoms with E-state index in [1.807, 2.05) is 0 Å². The second-order valence-electron chi connectivity index (χ2n) is 6.27. The standard InChI is InChI=1S/C14H24N2O/c1-10-13(6-7-15-10)14(17)16(8-11-2-3-11)9-12-4-5-12/h10-13,15H,2-9H2,1H3. The van der Waals surface area contributed by atoms with E-state index in [2.05, 4.69) is 17.1 Å². The minimum absolute atomic E-state index is 0.243. The molecule has 1 saturated heterocycles. The van der Waals surface area contributed by atoms with E-state index < -0.39 is 0 Å². The van der Waals surface area contributed by atoms with Crippen LogP contribution in [0.4, 0.5) is 0 Å². The molecule has 17 heavy (non-hydrogen) atoms. The third-order valence-corrected chi connectivity index (χ3v) is 4.51. The number of carbonyl (C=O) groups excluding carboxylic acids is 1.